The first-order valence-corrected chi connectivity index (χ1v) is 7.44. The molecule has 0 saturated carbocycles. The van der Waals surface area contributed by atoms with Gasteiger partial charge >= 0.3 is 5.97 Å². The summed E-state index contributed by atoms with van der Waals surface area (Å²) in [5, 5.41) is 3.95. The number of methoxy groups -OCH3 is 1. The SMILES string of the molecule is COC(=O)c1sc2ccc3[nH]c(=O)cnc3c2c1NCCN. The molecule has 0 amide bonds. The van der Waals surface area contributed by atoms with Crippen LogP contribution in [0.2, 0.25) is 0 Å². The van der Waals surface area contributed by atoms with Crippen molar-refractivity contribution >= 4 is 44.1 Å². The molecule has 0 aliphatic carbocycles. The van der Waals surface area contributed by atoms with E-state index >= 15 is 0 Å². The van der Waals surface area contributed by atoms with Gasteiger partial charge in [-0.25, -0.2) is 9.78 Å². The van der Waals surface area contributed by atoms with E-state index in [0.29, 0.717) is 34.7 Å². The van der Waals surface area contributed by atoms with Gasteiger partial charge in [0.1, 0.15) is 4.88 Å². The van der Waals surface area contributed by atoms with E-state index in [4.69, 9.17) is 10.5 Å². The number of nitrogens with two attached hydrogens (primary N) is 1. The highest BCUT2D eigenvalue weighted by atomic mass is 32.1. The fourth-order valence-corrected chi connectivity index (χ4v) is 3.40. The van der Waals surface area contributed by atoms with Crippen molar-refractivity contribution in [2.45, 2.75) is 0 Å². The number of fused-ring (bicyclic) bond motifs is 3. The van der Waals surface area contributed by atoms with Crippen molar-refractivity contribution in [2.75, 3.05) is 25.5 Å². The van der Waals surface area contributed by atoms with E-state index in [1.54, 1.807) is 6.07 Å². The Morgan fingerprint density at radius 3 is 3.05 bits per heavy atom. The molecule has 7 nitrogen and oxygen atoms in total. The molecular formula is C14H14N4O3S. The molecule has 0 atom stereocenters. The summed E-state index contributed by atoms with van der Waals surface area (Å²) in [5.74, 6) is -0.418. The third kappa shape index (κ3) is 2.32. The van der Waals surface area contributed by atoms with Crippen LogP contribution in [-0.2, 0) is 4.74 Å². The molecule has 8 heteroatoms. The minimum atomic E-state index is -0.418. The number of H-pyrrole nitrogens is 1. The molecule has 0 radical (unpaired) electrons. The topological polar surface area (TPSA) is 110 Å². The Kier molecular flexibility index (Phi) is 3.78. The number of aromatic nitrogens is 2. The highest BCUT2D eigenvalue weighted by molar-refractivity contribution is 7.21. The second kappa shape index (κ2) is 5.74. The smallest absolute Gasteiger partial charge is 0.350 e. The number of benzene rings is 1. The van der Waals surface area contributed by atoms with Gasteiger partial charge in [-0.2, -0.15) is 0 Å². The largest absolute Gasteiger partial charge is 0.465 e. The molecule has 0 spiro atoms. The van der Waals surface area contributed by atoms with Crippen LogP contribution in [0.4, 0.5) is 5.69 Å². The van der Waals surface area contributed by atoms with Gasteiger partial charge in [-0.05, 0) is 12.1 Å². The molecular weight excluding hydrogens is 304 g/mol. The van der Waals surface area contributed by atoms with Crippen molar-refractivity contribution in [3.05, 3.63) is 33.6 Å². The summed E-state index contributed by atoms with van der Waals surface area (Å²) >= 11 is 1.32. The third-order valence-electron chi connectivity index (χ3n) is 3.21. The second-order valence-electron chi connectivity index (χ2n) is 4.60. The van der Waals surface area contributed by atoms with Gasteiger partial charge in [0.05, 0.1) is 30.0 Å². The van der Waals surface area contributed by atoms with E-state index < -0.39 is 5.97 Å². The predicted octanol–water partition coefficient (Wildman–Crippen LogP) is 1.29. The number of anilines is 1. The minimum Gasteiger partial charge on any atom is -0.465 e. The number of esters is 1. The molecule has 1 aromatic carbocycles. The predicted molar refractivity (Wildman–Crippen MR) is 86.6 cm³/mol. The first-order chi connectivity index (χ1) is 10.7. The first-order valence-electron chi connectivity index (χ1n) is 6.62. The van der Waals surface area contributed by atoms with E-state index in [9.17, 15) is 9.59 Å². The van der Waals surface area contributed by atoms with Gasteiger partial charge in [-0.1, -0.05) is 0 Å². The lowest BCUT2D eigenvalue weighted by molar-refractivity contribution is 0.0607. The Labute approximate surface area is 129 Å². The van der Waals surface area contributed by atoms with Crippen molar-refractivity contribution in [3.8, 4) is 0 Å². The average molecular weight is 318 g/mol. The van der Waals surface area contributed by atoms with Crippen LogP contribution in [-0.4, -0.2) is 36.1 Å². The standard InChI is InChI=1S/C14H14N4O3S/c1-21-14(20)13-12(16-5-4-15)10-8(22-13)3-2-7-11(10)17-6-9(19)18-7/h2-3,6,16H,4-5,15H2,1H3,(H,18,19). The van der Waals surface area contributed by atoms with Crippen molar-refractivity contribution < 1.29 is 9.53 Å². The highest BCUT2D eigenvalue weighted by Gasteiger charge is 2.21. The van der Waals surface area contributed by atoms with E-state index in [1.807, 2.05) is 6.07 Å². The number of rotatable bonds is 4. The highest BCUT2D eigenvalue weighted by Crippen LogP contribution is 2.39. The zero-order chi connectivity index (χ0) is 15.7. The molecule has 2 aromatic heterocycles. The molecule has 2 heterocycles. The first kappa shape index (κ1) is 14.5. The number of aromatic amines is 1. The van der Waals surface area contributed by atoms with Crippen LogP contribution < -0.4 is 16.6 Å². The van der Waals surface area contributed by atoms with E-state index in [-0.39, 0.29) is 5.56 Å². The summed E-state index contributed by atoms with van der Waals surface area (Å²) in [6.07, 6.45) is 1.23. The van der Waals surface area contributed by atoms with Crippen LogP contribution in [0, 0.1) is 0 Å². The van der Waals surface area contributed by atoms with Crippen molar-refractivity contribution in [3.63, 3.8) is 0 Å². The number of thiophene rings is 1. The van der Waals surface area contributed by atoms with E-state index in [0.717, 1.165) is 10.1 Å². The molecule has 0 aliphatic heterocycles. The van der Waals surface area contributed by atoms with Crippen LogP contribution in [0.15, 0.2) is 23.1 Å². The number of carbonyl (C=O) groups excluding carboxylic acids is 1. The van der Waals surface area contributed by atoms with Crippen LogP contribution in [0.3, 0.4) is 0 Å². The maximum Gasteiger partial charge on any atom is 0.350 e. The van der Waals surface area contributed by atoms with E-state index in [2.05, 4.69) is 15.3 Å². The summed E-state index contributed by atoms with van der Waals surface area (Å²) < 4.78 is 5.72. The molecule has 4 N–H and O–H groups in total. The lowest BCUT2D eigenvalue weighted by Crippen LogP contribution is -2.15. The second-order valence-corrected chi connectivity index (χ2v) is 5.65. The Balaban J connectivity index is 2.35. The van der Waals surface area contributed by atoms with Crippen molar-refractivity contribution in [2.24, 2.45) is 5.73 Å². The Hall–Kier alpha value is -2.45. The molecule has 0 unspecified atom stereocenters. The lowest BCUT2D eigenvalue weighted by atomic mass is 10.1. The minimum absolute atomic E-state index is 0.272. The van der Waals surface area contributed by atoms with Crippen LogP contribution in [0.1, 0.15) is 9.67 Å². The Morgan fingerprint density at radius 1 is 1.50 bits per heavy atom. The molecule has 22 heavy (non-hydrogen) atoms. The van der Waals surface area contributed by atoms with Crippen LogP contribution in [0.5, 0.6) is 0 Å². The molecule has 0 fully saturated rings. The maximum atomic E-state index is 12.0. The zero-order valence-electron chi connectivity index (χ0n) is 11.8. The summed E-state index contributed by atoms with van der Waals surface area (Å²) in [6, 6.07) is 3.62. The van der Waals surface area contributed by atoms with Gasteiger partial charge in [0.2, 0.25) is 0 Å². The molecule has 3 rings (SSSR count). The maximum absolute atomic E-state index is 12.0. The summed E-state index contributed by atoms with van der Waals surface area (Å²) in [7, 11) is 1.34. The number of ether oxygens (including phenoxy) is 1. The molecule has 0 aliphatic rings. The summed E-state index contributed by atoms with van der Waals surface area (Å²) in [5.41, 5.74) is 7.16. The van der Waals surface area contributed by atoms with Gasteiger partial charge in [-0.15, -0.1) is 11.3 Å². The molecule has 0 saturated heterocycles. The lowest BCUT2D eigenvalue weighted by Gasteiger charge is -2.07. The van der Waals surface area contributed by atoms with Crippen molar-refractivity contribution in [1.29, 1.82) is 0 Å². The fraction of sp³-hybridized carbons (Fsp3) is 0.214. The quantitative estimate of drug-likeness (QED) is 0.625. The van der Waals surface area contributed by atoms with Gasteiger partial charge in [0, 0.05) is 23.2 Å². The van der Waals surface area contributed by atoms with Gasteiger partial charge < -0.3 is 20.8 Å². The number of nitrogens with one attached hydrogen (secondary N) is 2. The monoisotopic (exact) mass is 318 g/mol. The van der Waals surface area contributed by atoms with Crippen LogP contribution in [0.25, 0.3) is 21.1 Å². The molecule has 3 aromatic rings. The number of hydrogen-bond donors (Lipinski definition) is 3. The number of carbonyl (C=O) groups is 1. The number of hydrogen-bond acceptors (Lipinski definition) is 7. The third-order valence-corrected chi connectivity index (χ3v) is 4.35. The normalized spacial score (nSPS) is 11.0. The van der Waals surface area contributed by atoms with Crippen molar-refractivity contribution in [1.82, 2.24) is 9.97 Å². The van der Waals surface area contributed by atoms with Gasteiger partial charge in [0.25, 0.3) is 5.56 Å². The summed E-state index contributed by atoms with van der Waals surface area (Å²) in [4.78, 5) is 30.8. The Bertz CT molecular complexity index is 915. The zero-order valence-corrected chi connectivity index (χ0v) is 12.6. The summed E-state index contributed by atoms with van der Waals surface area (Å²) in [6.45, 7) is 0.933. The van der Waals surface area contributed by atoms with E-state index in [1.165, 1.54) is 24.6 Å². The fourth-order valence-electron chi connectivity index (χ4n) is 2.30. The van der Waals surface area contributed by atoms with Crippen LogP contribution >= 0.6 is 11.3 Å². The molecule has 0 bridgehead atoms. The van der Waals surface area contributed by atoms with Gasteiger partial charge in [0.15, 0.2) is 0 Å². The average Bonchev–Trinajstić information content (AvgIpc) is 2.90. The Morgan fingerprint density at radius 2 is 2.32 bits per heavy atom. The number of nitrogens with zero attached hydrogens (tertiary/aromatic N) is 1. The van der Waals surface area contributed by atoms with Gasteiger partial charge in [-0.3, -0.25) is 4.79 Å². The molecule has 114 valence electrons.